The highest BCUT2D eigenvalue weighted by atomic mass is 19.4. The summed E-state index contributed by atoms with van der Waals surface area (Å²) in [6, 6.07) is 12.4. The lowest BCUT2D eigenvalue weighted by atomic mass is 10.1. The number of carbonyl (C=O) groups excluding carboxylic acids is 3. The molecule has 0 fully saturated rings. The summed E-state index contributed by atoms with van der Waals surface area (Å²) in [7, 11) is 0. The number of hydrogen-bond donors (Lipinski definition) is 4. The molecular weight excluding hydrogens is 527 g/mol. The number of nitrogens with one attached hydrogen (secondary N) is 2. The summed E-state index contributed by atoms with van der Waals surface area (Å²) in [6.07, 6.45) is -3.19. The Morgan fingerprint density at radius 1 is 0.950 bits per heavy atom. The lowest BCUT2D eigenvalue weighted by Gasteiger charge is -2.24. The third-order valence-electron chi connectivity index (χ3n) is 6.17. The van der Waals surface area contributed by atoms with E-state index < -0.39 is 36.1 Å². The molecule has 3 rings (SSSR count). The first-order valence-electron chi connectivity index (χ1n) is 12.6. The molecule has 214 valence electrons. The number of fused-ring (bicyclic) bond motifs is 1. The zero-order valence-corrected chi connectivity index (χ0v) is 21.8. The molecule has 10 nitrogen and oxygen atoms in total. The first-order valence-corrected chi connectivity index (χ1v) is 12.6. The maximum Gasteiger partial charge on any atom is 0.416 e. The molecule has 0 unspecified atom stereocenters. The number of para-hydroxylation sites is 1. The molecular formula is C27H33F3N7O3+. The van der Waals surface area contributed by atoms with Gasteiger partial charge in [0, 0.05) is 37.6 Å². The molecule has 40 heavy (non-hydrogen) atoms. The van der Waals surface area contributed by atoms with Crippen LogP contribution in [0.2, 0.25) is 0 Å². The van der Waals surface area contributed by atoms with E-state index in [0.717, 1.165) is 23.0 Å². The van der Waals surface area contributed by atoms with Gasteiger partial charge in [0.05, 0.1) is 31.1 Å². The molecule has 2 aromatic carbocycles. The number of anilines is 1. The molecule has 1 atom stereocenters. The highest BCUT2D eigenvalue weighted by Crippen LogP contribution is 2.29. The van der Waals surface area contributed by atoms with Crippen LogP contribution in [0, 0.1) is 0 Å². The summed E-state index contributed by atoms with van der Waals surface area (Å²) in [5, 5.41) is 3.26. The first-order chi connectivity index (χ1) is 19.0. The van der Waals surface area contributed by atoms with Gasteiger partial charge in [-0.2, -0.15) is 13.2 Å². The molecule has 0 aliphatic rings. The van der Waals surface area contributed by atoms with Crippen LogP contribution in [0.4, 0.5) is 18.9 Å². The monoisotopic (exact) mass is 560 g/mol. The molecule has 3 aromatic rings. The van der Waals surface area contributed by atoms with Crippen molar-refractivity contribution in [3.63, 3.8) is 0 Å². The molecule has 13 heteroatoms. The van der Waals surface area contributed by atoms with Gasteiger partial charge in [-0.15, -0.1) is 0 Å². The lowest BCUT2D eigenvalue weighted by Crippen LogP contribution is -2.49. The summed E-state index contributed by atoms with van der Waals surface area (Å²) in [5.41, 5.74) is 17.8. The van der Waals surface area contributed by atoms with Crippen molar-refractivity contribution in [3.05, 3.63) is 71.9 Å². The molecule has 3 amide bonds. The van der Waals surface area contributed by atoms with Gasteiger partial charge in [-0.05, 0) is 29.8 Å². The molecule has 1 aromatic heterocycles. The van der Waals surface area contributed by atoms with Crippen LogP contribution in [-0.2, 0) is 27.1 Å². The highest BCUT2D eigenvalue weighted by Gasteiger charge is 2.30. The fraction of sp³-hybridized carbons (Fsp3) is 0.333. The summed E-state index contributed by atoms with van der Waals surface area (Å²) in [5.74, 6) is -1.63. The van der Waals surface area contributed by atoms with Gasteiger partial charge in [-0.25, -0.2) is 4.98 Å². The summed E-state index contributed by atoms with van der Waals surface area (Å²) in [4.78, 5) is 44.2. The van der Waals surface area contributed by atoms with E-state index in [0.29, 0.717) is 11.3 Å². The third kappa shape index (κ3) is 8.21. The Balaban J connectivity index is 1.75. The van der Waals surface area contributed by atoms with Crippen molar-refractivity contribution in [1.82, 2.24) is 10.2 Å². The summed E-state index contributed by atoms with van der Waals surface area (Å²) in [6.45, 7) is 0.473. The van der Waals surface area contributed by atoms with Crippen LogP contribution in [0.5, 0.6) is 0 Å². The molecule has 0 saturated heterocycles. The lowest BCUT2D eigenvalue weighted by molar-refractivity contribution is -0.343. The number of H-pyrrole nitrogens is 1. The largest absolute Gasteiger partial charge is 0.416 e. The van der Waals surface area contributed by atoms with Crippen molar-refractivity contribution >= 4 is 34.3 Å². The quantitative estimate of drug-likeness (QED) is 0.256. The standard InChI is InChI=1S/C27H32F3N7O3/c28-27(29,30)20-7-5-18(6-8-20)17-37(21-13-19-3-1-2-4-23(19)34-15-21)25(39)16-35-26(40)22(33)14-24(38)36(11-9-31)12-10-32/h1-8,13,15,22H,9-12,14,16-17,31-33H2,(H,35,40)/p+1/t22-/m0/s1. The molecule has 1 heterocycles. The second-order valence-electron chi connectivity index (χ2n) is 9.11. The predicted octanol–water partition coefficient (Wildman–Crippen LogP) is 0.786. The molecule has 0 aliphatic carbocycles. The second-order valence-corrected chi connectivity index (χ2v) is 9.11. The molecule has 0 bridgehead atoms. The van der Waals surface area contributed by atoms with Crippen LogP contribution in [-0.4, -0.2) is 61.4 Å². The Labute approximate surface area is 229 Å². The topological polar surface area (TPSA) is 162 Å². The minimum atomic E-state index is -4.49. The third-order valence-corrected chi connectivity index (χ3v) is 6.17. The predicted molar refractivity (Wildman–Crippen MR) is 143 cm³/mol. The van der Waals surface area contributed by atoms with Gasteiger partial charge in [0.1, 0.15) is 5.69 Å². The van der Waals surface area contributed by atoms with E-state index in [1.807, 2.05) is 24.3 Å². The van der Waals surface area contributed by atoms with Crippen molar-refractivity contribution in [2.75, 3.05) is 37.6 Å². The van der Waals surface area contributed by atoms with E-state index in [9.17, 15) is 27.6 Å². The number of halogens is 3. The van der Waals surface area contributed by atoms with E-state index in [-0.39, 0.29) is 45.1 Å². The van der Waals surface area contributed by atoms with Gasteiger partial charge < -0.3 is 32.3 Å². The van der Waals surface area contributed by atoms with Crippen LogP contribution in [0.3, 0.4) is 0 Å². The molecule has 8 N–H and O–H groups in total. The molecule has 0 aliphatic heterocycles. The fourth-order valence-corrected chi connectivity index (χ4v) is 4.04. The zero-order valence-electron chi connectivity index (χ0n) is 21.8. The Bertz CT molecular complexity index is 1310. The number of aromatic nitrogens is 1. The number of nitrogens with zero attached hydrogens (tertiary/aromatic N) is 2. The molecule has 0 radical (unpaired) electrons. The number of nitrogens with two attached hydrogens (primary N) is 3. The van der Waals surface area contributed by atoms with Gasteiger partial charge in [0.25, 0.3) is 0 Å². The Morgan fingerprint density at radius 2 is 1.60 bits per heavy atom. The second kappa shape index (κ2) is 13.8. The molecule has 0 spiro atoms. The van der Waals surface area contributed by atoms with E-state index in [2.05, 4.69) is 10.3 Å². The van der Waals surface area contributed by atoms with Crippen molar-refractivity contribution in [3.8, 4) is 0 Å². The van der Waals surface area contributed by atoms with Gasteiger partial charge in [0.15, 0.2) is 6.20 Å². The average molecular weight is 561 g/mol. The number of hydrogen-bond acceptors (Lipinski definition) is 6. The number of aromatic amines is 1. The number of alkyl halides is 3. The van der Waals surface area contributed by atoms with Crippen molar-refractivity contribution in [2.45, 2.75) is 25.2 Å². The maximum atomic E-state index is 13.3. The Kier molecular flexibility index (Phi) is 10.5. The smallest absolute Gasteiger partial charge is 0.346 e. The van der Waals surface area contributed by atoms with Crippen molar-refractivity contribution < 1.29 is 32.5 Å². The number of benzene rings is 2. The number of carbonyl (C=O) groups is 3. The van der Waals surface area contributed by atoms with Crippen LogP contribution < -0.4 is 32.4 Å². The Morgan fingerprint density at radius 3 is 2.23 bits per heavy atom. The molecule has 0 saturated carbocycles. The minimum absolute atomic E-state index is 0.0588. The normalized spacial score (nSPS) is 12.2. The fourth-order valence-electron chi connectivity index (χ4n) is 4.04. The van der Waals surface area contributed by atoms with Crippen LogP contribution in [0.1, 0.15) is 17.5 Å². The average Bonchev–Trinajstić information content (AvgIpc) is 2.93. The van der Waals surface area contributed by atoms with Gasteiger partial charge in [-0.3, -0.25) is 14.4 Å². The highest BCUT2D eigenvalue weighted by molar-refractivity contribution is 5.98. The van der Waals surface area contributed by atoms with E-state index in [4.69, 9.17) is 17.2 Å². The number of amides is 3. The van der Waals surface area contributed by atoms with Crippen LogP contribution in [0.25, 0.3) is 10.9 Å². The van der Waals surface area contributed by atoms with Crippen molar-refractivity contribution in [2.24, 2.45) is 17.2 Å². The van der Waals surface area contributed by atoms with E-state index >= 15 is 0 Å². The summed E-state index contributed by atoms with van der Waals surface area (Å²) >= 11 is 0. The van der Waals surface area contributed by atoms with Crippen LogP contribution in [0.15, 0.2) is 60.8 Å². The first kappa shape index (κ1) is 30.5. The van der Waals surface area contributed by atoms with E-state index in [1.165, 1.54) is 21.9 Å². The summed E-state index contributed by atoms with van der Waals surface area (Å²) < 4.78 is 39.0. The maximum absolute atomic E-state index is 13.3. The van der Waals surface area contributed by atoms with Crippen molar-refractivity contribution in [1.29, 1.82) is 0 Å². The van der Waals surface area contributed by atoms with Gasteiger partial charge in [0.2, 0.25) is 23.2 Å². The minimum Gasteiger partial charge on any atom is -0.346 e. The van der Waals surface area contributed by atoms with Gasteiger partial charge in [-0.1, -0.05) is 24.3 Å². The van der Waals surface area contributed by atoms with Gasteiger partial charge >= 0.3 is 6.18 Å². The van der Waals surface area contributed by atoms with Crippen LogP contribution >= 0.6 is 0 Å². The number of pyridine rings is 1. The SMILES string of the molecule is NCCN(CCN)C(=O)C[C@H](N)C(=O)NCC(=O)N(Cc1ccc(C(F)(F)F)cc1)c1c[nH+]c2ccccc2c1. The Hall–Kier alpha value is -4.07. The van der Waals surface area contributed by atoms with E-state index in [1.54, 1.807) is 12.3 Å². The zero-order chi connectivity index (χ0) is 29.3. The number of rotatable bonds is 12.